The van der Waals surface area contributed by atoms with E-state index in [1.54, 1.807) is 6.92 Å². The van der Waals surface area contributed by atoms with Crippen LogP contribution in [0, 0.1) is 0 Å². The van der Waals surface area contributed by atoms with Gasteiger partial charge in [0.25, 0.3) is 0 Å². The Labute approximate surface area is 123 Å². The summed E-state index contributed by atoms with van der Waals surface area (Å²) >= 11 is 0. The lowest BCUT2D eigenvalue weighted by molar-refractivity contribution is -0.140. The molecule has 2 heterocycles. The van der Waals surface area contributed by atoms with Crippen molar-refractivity contribution in [2.45, 2.75) is 19.2 Å². The smallest absolute Gasteiger partial charge is 0.377 e. The third-order valence-electron chi connectivity index (χ3n) is 3.06. The van der Waals surface area contributed by atoms with E-state index in [4.69, 9.17) is 10.5 Å². The number of aromatic nitrogens is 2. The second kappa shape index (κ2) is 5.76. The second-order valence-electron chi connectivity index (χ2n) is 4.51. The molecule has 0 fully saturated rings. The quantitative estimate of drug-likeness (QED) is 0.911. The van der Waals surface area contributed by atoms with Gasteiger partial charge in [-0.25, -0.2) is 9.78 Å². The molecule has 118 valence electrons. The predicted molar refractivity (Wildman–Crippen MR) is 73.2 cm³/mol. The largest absolute Gasteiger partial charge is 0.433 e. The molecule has 2 rings (SSSR count). The number of hydrogen-bond acceptors (Lipinski definition) is 4. The number of nitrogens with two attached hydrogens (primary N) is 1. The first-order chi connectivity index (χ1) is 10.2. The molecule has 0 saturated carbocycles. The fourth-order valence-electron chi connectivity index (χ4n) is 2.00. The summed E-state index contributed by atoms with van der Waals surface area (Å²) in [6, 6.07) is 1.20. The zero-order chi connectivity index (χ0) is 16.5. The summed E-state index contributed by atoms with van der Waals surface area (Å²) in [5.41, 5.74) is 4.68. The summed E-state index contributed by atoms with van der Waals surface area (Å²) in [7, 11) is 1.39. The van der Waals surface area contributed by atoms with Crippen LogP contribution in [0.4, 0.5) is 23.7 Å². The van der Waals surface area contributed by atoms with Gasteiger partial charge in [0.2, 0.25) is 0 Å². The average molecular weight is 314 g/mol. The van der Waals surface area contributed by atoms with Crippen molar-refractivity contribution < 1.29 is 22.7 Å². The summed E-state index contributed by atoms with van der Waals surface area (Å²) in [5, 5.41) is 2.31. The molecule has 2 amide bonds. The lowest BCUT2D eigenvalue weighted by Gasteiger charge is -2.17. The molecule has 3 N–H and O–H groups in total. The number of halogens is 3. The van der Waals surface area contributed by atoms with Crippen molar-refractivity contribution in [2.75, 3.05) is 12.4 Å². The molecule has 0 aliphatic heterocycles. The van der Waals surface area contributed by atoms with Gasteiger partial charge in [-0.3, -0.25) is 4.98 Å². The van der Waals surface area contributed by atoms with E-state index < -0.39 is 24.0 Å². The highest BCUT2D eigenvalue weighted by Gasteiger charge is 2.33. The molecule has 2 aromatic rings. The first kappa shape index (κ1) is 16.0. The van der Waals surface area contributed by atoms with Gasteiger partial charge in [-0.05, 0) is 19.1 Å². The topological polar surface area (TPSA) is 90.1 Å². The first-order valence-corrected chi connectivity index (χ1v) is 6.20. The van der Waals surface area contributed by atoms with E-state index in [0.29, 0.717) is 0 Å². The molecule has 6 nitrogen and oxygen atoms in total. The van der Waals surface area contributed by atoms with E-state index in [1.807, 2.05) is 0 Å². The van der Waals surface area contributed by atoms with Gasteiger partial charge in [0.05, 0.1) is 29.0 Å². The minimum absolute atomic E-state index is 0.00424. The van der Waals surface area contributed by atoms with E-state index in [2.05, 4.69) is 15.3 Å². The van der Waals surface area contributed by atoms with E-state index in [-0.39, 0.29) is 22.3 Å². The van der Waals surface area contributed by atoms with Gasteiger partial charge in [0.15, 0.2) is 0 Å². The lowest BCUT2D eigenvalue weighted by atomic mass is 10.1. The molecule has 0 radical (unpaired) electrons. The Kier molecular flexibility index (Phi) is 4.18. The van der Waals surface area contributed by atoms with Gasteiger partial charge in [-0.2, -0.15) is 13.2 Å². The van der Waals surface area contributed by atoms with Crippen LogP contribution in [0.15, 0.2) is 18.3 Å². The van der Waals surface area contributed by atoms with Crippen molar-refractivity contribution in [3.8, 4) is 0 Å². The minimum Gasteiger partial charge on any atom is -0.377 e. The highest BCUT2D eigenvalue weighted by atomic mass is 19.4. The van der Waals surface area contributed by atoms with Gasteiger partial charge < -0.3 is 15.8 Å². The maximum atomic E-state index is 12.8. The Morgan fingerprint density at radius 3 is 2.64 bits per heavy atom. The van der Waals surface area contributed by atoms with Gasteiger partial charge in [0, 0.05) is 12.7 Å². The summed E-state index contributed by atoms with van der Waals surface area (Å²) in [6.45, 7) is 1.61. The number of nitrogens with zero attached hydrogens (tertiary/aromatic N) is 2. The van der Waals surface area contributed by atoms with Crippen LogP contribution in [0.1, 0.15) is 24.3 Å². The van der Waals surface area contributed by atoms with Crippen LogP contribution in [0.2, 0.25) is 0 Å². The molecule has 1 unspecified atom stereocenters. The fourth-order valence-corrected chi connectivity index (χ4v) is 2.00. The number of rotatable bonds is 3. The van der Waals surface area contributed by atoms with Gasteiger partial charge in [-0.1, -0.05) is 0 Å². The van der Waals surface area contributed by atoms with Gasteiger partial charge in [0.1, 0.15) is 5.69 Å². The fraction of sp³-hybridized carbons (Fsp3) is 0.308. The first-order valence-electron chi connectivity index (χ1n) is 6.20. The predicted octanol–water partition coefficient (Wildman–Crippen LogP) is 2.85. The van der Waals surface area contributed by atoms with Crippen LogP contribution in [0.25, 0.3) is 11.0 Å². The number of amides is 2. The zero-order valence-corrected chi connectivity index (χ0v) is 11.7. The van der Waals surface area contributed by atoms with Crippen molar-refractivity contribution in [3.63, 3.8) is 0 Å². The van der Waals surface area contributed by atoms with E-state index in [0.717, 1.165) is 6.07 Å². The third kappa shape index (κ3) is 3.08. The SMILES string of the molecule is COC(C)c1c(NC(N)=O)cnc2ccc(C(F)(F)F)nc12. The van der Waals surface area contributed by atoms with Crippen LogP contribution < -0.4 is 11.1 Å². The second-order valence-corrected chi connectivity index (χ2v) is 4.51. The lowest BCUT2D eigenvalue weighted by Crippen LogP contribution is -2.21. The standard InChI is InChI=1S/C13H13F3N4O2/c1-6(22-2)10-8(19-12(17)21)5-18-7-3-4-9(13(14,15)16)20-11(7)10/h3-6H,1-2H3,(H3,17,19,21). The number of nitrogens with one attached hydrogen (secondary N) is 1. The van der Waals surface area contributed by atoms with Crippen LogP contribution in [-0.2, 0) is 10.9 Å². The zero-order valence-electron chi connectivity index (χ0n) is 11.7. The minimum atomic E-state index is -4.59. The van der Waals surface area contributed by atoms with Crippen LogP contribution in [0.5, 0.6) is 0 Å². The Balaban J connectivity index is 2.74. The Bertz CT molecular complexity index is 718. The van der Waals surface area contributed by atoms with Crippen molar-refractivity contribution in [1.82, 2.24) is 9.97 Å². The Morgan fingerprint density at radius 1 is 1.41 bits per heavy atom. The number of alkyl halides is 3. The molecule has 0 bridgehead atoms. The van der Waals surface area contributed by atoms with Crippen LogP contribution in [-0.4, -0.2) is 23.1 Å². The Hall–Kier alpha value is -2.42. The molecule has 0 saturated heterocycles. The highest BCUT2D eigenvalue weighted by molar-refractivity contribution is 5.93. The number of hydrogen-bond donors (Lipinski definition) is 2. The molecular weight excluding hydrogens is 301 g/mol. The number of carbonyl (C=O) groups is 1. The summed E-state index contributed by atoms with van der Waals surface area (Å²) in [6.07, 6.45) is -3.91. The number of urea groups is 1. The molecular formula is C13H13F3N4O2. The van der Waals surface area contributed by atoms with E-state index in [1.165, 1.54) is 19.4 Å². The third-order valence-corrected chi connectivity index (χ3v) is 3.06. The molecule has 0 spiro atoms. The molecule has 9 heteroatoms. The number of ether oxygens (including phenoxy) is 1. The Morgan fingerprint density at radius 2 is 2.09 bits per heavy atom. The number of fused-ring (bicyclic) bond motifs is 1. The number of methoxy groups -OCH3 is 1. The average Bonchev–Trinajstić information content (AvgIpc) is 2.44. The maximum absolute atomic E-state index is 12.8. The molecule has 0 aliphatic carbocycles. The summed E-state index contributed by atoms with van der Waals surface area (Å²) in [4.78, 5) is 18.6. The molecule has 1 atom stereocenters. The van der Waals surface area contributed by atoms with Crippen LogP contribution in [0.3, 0.4) is 0 Å². The highest BCUT2D eigenvalue weighted by Crippen LogP contribution is 2.34. The van der Waals surface area contributed by atoms with Gasteiger partial charge >= 0.3 is 12.2 Å². The number of anilines is 1. The molecule has 0 aliphatic rings. The molecule has 2 aromatic heterocycles. The molecule has 0 aromatic carbocycles. The number of carbonyl (C=O) groups excluding carboxylic acids is 1. The summed E-state index contributed by atoms with van der Waals surface area (Å²) in [5.74, 6) is 0. The van der Waals surface area contributed by atoms with Crippen molar-refractivity contribution in [3.05, 3.63) is 29.6 Å². The van der Waals surface area contributed by atoms with Crippen LogP contribution >= 0.6 is 0 Å². The number of pyridine rings is 2. The van der Waals surface area contributed by atoms with Crippen molar-refractivity contribution in [1.29, 1.82) is 0 Å². The monoisotopic (exact) mass is 314 g/mol. The summed E-state index contributed by atoms with van der Waals surface area (Å²) < 4.78 is 43.7. The van der Waals surface area contributed by atoms with E-state index >= 15 is 0 Å². The normalized spacial score (nSPS) is 13.1. The van der Waals surface area contributed by atoms with E-state index in [9.17, 15) is 18.0 Å². The van der Waals surface area contributed by atoms with Crippen molar-refractivity contribution >= 4 is 22.8 Å². The maximum Gasteiger partial charge on any atom is 0.433 e. The van der Waals surface area contributed by atoms with Crippen molar-refractivity contribution in [2.24, 2.45) is 5.73 Å². The number of primary amides is 1. The molecule has 22 heavy (non-hydrogen) atoms. The van der Waals surface area contributed by atoms with Gasteiger partial charge in [-0.15, -0.1) is 0 Å².